The molecule has 0 bridgehead atoms. The molecule has 1 N–H and O–H groups in total. The van der Waals surface area contributed by atoms with E-state index in [9.17, 15) is 9.59 Å². The van der Waals surface area contributed by atoms with Gasteiger partial charge in [0.25, 0.3) is 5.56 Å². The van der Waals surface area contributed by atoms with Gasteiger partial charge in [0.05, 0.1) is 11.4 Å². The number of benzene rings is 1. The second-order valence-corrected chi connectivity index (χ2v) is 6.90. The zero-order chi connectivity index (χ0) is 20.5. The summed E-state index contributed by atoms with van der Waals surface area (Å²) in [6.45, 7) is 3.84. The van der Waals surface area contributed by atoms with E-state index in [1.54, 1.807) is 16.8 Å². The zero-order valence-electron chi connectivity index (χ0n) is 15.9. The van der Waals surface area contributed by atoms with Crippen LogP contribution in [0.15, 0.2) is 64.3 Å². The Labute approximate surface area is 165 Å². The largest absolute Gasteiger partial charge is 0.329 e. The minimum atomic E-state index is -0.388. The number of nitrogens with one attached hydrogen (secondary N) is 1. The van der Waals surface area contributed by atoms with Crippen LogP contribution in [-0.4, -0.2) is 19.5 Å². The molecule has 7 heteroatoms. The molecule has 7 nitrogen and oxygen atoms in total. The fourth-order valence-electron chi connectivity index (χ4n) is 3.16. The molecule has 142 valence electrons. The van der Waals surface area contributed by atoms with Crippen LogP contribution in [0.4, 0.5) is 0 Å². The van der Waals surface area contributed by atoms with Crippen molar-refractivity contribution in [1.29, 1.82) is 5.26 Å². The molecule has 0 aliphatic rings. The number of aromatic nitrogens is 4. The first kappa shape index (κ1) is 18.3. The zero-order valence-corrected chi connectivity index (χ0v) is 15.9. The van der Waals surface area contributed by atoms with Gasteiger partial charge in [0.2, 0.25) is 5.43 Å². The van der Waals surface area contributed by atoms with Crippen molar-refractivity contribution < 1.29 is 0 Å². The van der Waals surface area contributed by atoms with E-state index in [0.717, 1.165) is 5.56 Å². The van der Waals surface area contributed by atoms with Crippen molar-refractivity contribution in [2.24, 2.45) is 0 Å². The Kier molecular flexibility index (Phi) is 4.53. The van der Waals surface area contributed by atoms with E-state index in [0.29, 0.717) is 17.0 Å². The maximum atomic E-state index is 12.5. The number of nitrogens with zero attached hydrogens (tertiary/aromatic N) is 4. The predicted molar refractivity (Wildman–Crippen MR) is 110 cm³/mol. The molecule has 0 saturated heterocycles. The van der Waals surface area contributed by atoms with E-state index < -0.39 is 0 Å². The van der Waals surface area contributed by atoms with Crippen molar-refractivity contribution in [2.45, 2.75) is 19.9 Å². The highest BCUT2D eigenvalue weighted by molar-refractivity contribution is 5.84. The number of hydrogen-bond acceptors (Lipinski definition) is 5. The summed E-state index contributed by atoms with van der Waals surface area (Å²) in [5.74, 6) is 0. The Bertz CT molecular complexity index is 1380. The molecule has 3 heterocycles. The molecular formula is C22H17N5O2. The summed E-state index contributed by atoms with van der Waals surface area (Å²) in [6.07, 6.45) is 1.73. The second kappa shape index (κ2) is 7.17. The summed E-state index contributed by atoms with van der Waals surface area (Å²) in [5, 5.41) is 9.15. The summed E-state index contributed by atoms with van der Waals surface area (Å²) in [4.78, 5) is 36.8. The third-order valence-electron chi connectivity index (χ3n) is 4.59. The summed E-state index contributed by atoms with van der Waals surface area (Å²) in [7, 11) is 0. The van der Waals surface area contributed by atoms with Crippen molar-refractivity contribution >= 4 is 11.2 Å². The highest BCUT2D eigenvalue weighted by Crippen LogP contribution is 2.29. The number of nitriles is 1. The van der Waals surface area contributed by atoms with Gasteiger partial charge in [0.15, 0.2) is 11.2 Å². The second-order valence-electron chi connectivity index (χ2n) is 6.90. The molecule has 0 fully saturated rings. The van der Waals surface area contributed by atoms with E-state index in [4.69, 9.17) is 5.26 Å². The molecule has 3 aromatic heterocycles. The lowest BCUT2D eigenvalue weighted by molar-refractivity contribution is 0.579. The number of rotatable bonds is 3. The number of aromatic amines is 1. The smallest absolute Gasteiger partial charge is 0.250 e. The first-order valence-corrected chi connectivity index (χ1v) is 9.11. The van der Waals surface area contributed by atoms with Gasteiger partial charge in [0, 0.05) is 35.5 Å². The van der Waals surface area contributed by atoms with Crippen LogP contribution in [-0.2, 0) is 0 Å². The average Bonchev–Trinajstić information content (AvgIpc) is 2.73. The highest BCUT2D eigenvalue weighted by Gasteiger charge is 2.17. The summed E-state index contributed by atoms with van der Waals surface area (Å²) >= 11 is 0. The van der Waals surface area contributed by atoms with Gasteiger partial charge in [-0.3, -0.25) is 9.59 Å². The predicted octanol–water partition coefficient (Wildman–Crippen LogP) is 3.27. The van der Waals surface area contributed by atoms with Crippen LogP contribution < -0.4 is 11.0 Å². The minimum absolute atomic E-state index is 0.0300. The quantitative estimate of drug-likeness (QED) is 0.585. The molecule has 0 unspecified atom stereocenters. The van der Waals surface area contributed by atoms with Crippen LogP contribution in [0.5, 0.6) is 0 Å². The third kappa shape index (κ3) is 3.32. The molecule has 0 saturated carbocycles. The molecule has 0 amide bonds. The molecule has 0 aliphatic carbocycles. The first-order valence-electron chi connectivity index (χ1n) is 9.11. The minimum Gasteiger partial charge on any atom is -0.329 e. The van der Waals surface area contributed by atoms with Crippen molar-refractivity contribution in [3.8, 4) is 28.6 Å². The molecule has 0 aliphatic heterocycles. The fraction of sp³-hybridized carbons (Fsp3) is 0.136. The number of fused-ring (bicyclic) bond motifs is 1. The summed E-state index contributed by atoms with van der Waals surface area (Å²) < 4.78 is 1.61. The van der Waals surface area contributed by atoms with Gasteiger partial charge in [-0.25, -0.2) is 9.97 Å². The number of pyridine rings is 2. The van der Waals surface area contributed by atoms with Gasteiger partial charge in [0.1, 0.15) is 11.8 Å². The Balaban J connectivity index is 2.08. The Morgan fingerprint density at radius 2 is 1.72 bits per heavy atom. The monoisotopic (exact) mass is 383 g/mol. The number of hydrogen-bond donors (Lipinski definition) is 1. The molecule has 29 heavy (non-hydrogen) atoms. The lowest BCUT2D eigenvalue weighted by atomic mass is 10.0. The van der Waals surface area contributed by atoms with Crippen LogP contribution in [0.1, 0.15) is 25.6 Å². The van der Waals surface area contributed by atoms with Crippen molar-refractivity contribution in [3.05, 3.63) is 81.0 Å². The van der Waals surface area contributed by atoms with Gasteiger partial charge in [-0.05, 0) is 19.9 Å². The first-order chi connectivity index (χ1) is 14.0. The van der Waals surface area contributed by atoms with Crippen LogP contribution in [0.2, 0.25) is 0 Å². The third-order valence-corrected chi connectivity index (χ3v) is 4.59. The van der Waals surface area contributed by atoms with Crippen LogP contribution in [0, 0.1) is 11.3 Å². The van der Waals surface area contributed by atoms with E-state index in [1.807, 2.05) is 50.2 Å². The van der Waals surface area contributed by atoms with E-state index in [-0.39, 0.29) is 33.9 Å². The van der Waals surface area contributed by atoms with E-state index in [1.165, 1.54) is 12.1 Å². The maximum Gasteiger partial charge on any atom is 0.250 e. The van der Waals surface area contributed by atoms with Gasteiger partial charge in [-0.1, -0.05) is 30.3 Å². The van der Waals surface area contributed by atoms with Gasteiger partial charge in [-0.2, -0.15) is 5.26 Å². The Morgan fingerprint density at radius 3 is 2.41 bits per heavy atom. The standard InChI is InChI=1S/C22H17N5O2/c1-13(2)27-12-15(8-9-18(27)29)20-19(14-6-4-3-5-7-14)26-22-21(25-20)17(28)10-16(11-23)24-22/h3-10,12-13H,1-2H3,(H,24,26,28). The molecule has 0 atom stereocenters. The lowest BCUT2D eigenvalue weighted by Crippen LogP contribution is -2.20. The highest BCUT2D eigenvalue weighted by atomic mass is 16.1. The fourth-order valence-corrected chi connectivity index (χ4v) is 3.16. The van der Waals surface area contributed by atoms with Crippen molar-refractivity contribution in [3.63, 3.8) is 0 Å². The SMILES string of the molecule is CC(C)n1cc(-c2nc3c(=O)cc(C#N)[nH]c3nc2-c2ccccc2)ccc1=O. The topological polar surface area (TPSA) is 104 Å². The molecule has 0 radical (unpaired) electrons. The van der Waals surface area contributed by atoms with Crippen LogP contribution in [0.3, 0.4) is 0 Å². The Hall–Kier alpha value is -4.05. The van der Waals surface area contributed by atoms with Crippen molar-refractivity contribution in [2.75, 3.05) is 0 Å². The molecule has 4 aromatic rings. The van der Waals surface area contributed by atoms with Gasteiger partial charge < -0.3 is 9.55 Å². The maximum absolute atomic E-state index is 12.5. The Morgan fingerprint density at radius 1 is 1.00 bits per heavy atom. The van der Waals surface area contributed by atoms with Crippen molar-refractivity contribution in [1.82, 2.24) is 19.5 Å². The number of H-pyrrole nitrogens is 1. The van der Waals surface area contributed by atoms with Crippen LogP contribution in [0.25, 0.3) is 33.7 Å². The molecule has 4 rings (SSSR count). The van der Waals surface area contributed by atoms with Gasteiger partial charge in [-0.15, -0.1) is 0 Å². The molecular weight excluding hydrogens is 366 g/mol. The lowest BCUT2D eigenvalue weighted by Gasteiger charge is -2.14. The normalized spacial score (nSPS) is 11.0. The molecule has 0 spiro atoms. The van der Waals surface area contributed by atoms with Crippen LogP contribution >= 0.6 is 0 Å². The molecule has 1 aromatic carbocycles. The summed E-state index contributed by atoms with van der Waals surface area (Å²) in [5.41, 5.74) is 2.53. The van der Waals surface area contributed by atoms with E-state index >= 15 is 0 Å². The average molecular weight is 383 g/mol. The van der Waals surface area contributed by atoms with Gasteiger partial charge >= 0.3 is 0 Å². The summed E-state index contributed by atoms with van der Waals surface area (Å²) in [6, 6.07) is 15.7. The van der Waals surface area contributed by atoms with E-state index in [2.05, 4.69) is 15.0 Å².